The minimum atomic E-state index is -0.127. The quantitative estimate of drug-likeness (QED) is 0.244. The van der Waals surface area contributed by atoms with Crippen molar-refractivity contribution in [3.8, 4) is 11.3 Å². The Bertz CT molecular complexity index is 1490. The van der Waals surface area contributed by atoms with Crippen LogP contribution in [-0.4, -0.2) is 70.1 Å². The van der Waals surface area contributed by atoms with Crippen LogP contribution in [0, 0.1) is 6.92 Å². The van der Waals surface area contributed by atoms with E-state index in [9.17, 15) is 4.79 Å². The van der Waals surface area contributed by atoms with Gasteiger partial charge in [0.15, 0.2) is 0 Å². The topological polar surface area (TPSA) is 117 Å². The lowest BCUT2D eigenvalue weighted by molar-refractivity contribution is 0.0398. The summed E-state index contributed by atoms with van der Waals surface area (Å²) in [4.78, 5) is 34.8. The number of hydrogen-bond acceptors (Lipinski definition) is 10. The monoisotopic (exact) mass is 572 g/mol. The van der Waals surface area contributed by atoms with Crippen LogP contribution in [0.2, 0.25) is 0 Å². The van der Waals surface area contributed by atoms with Crippen molar-refractivity contribution in [3.05, 3.63) is 70.6 Å². The van der Waals surface area contributed by atoms with Crippen LogP contribution in [0.5, 0.6) is 0 Å². The third-order valence-electron chi connectivity index (χ3n) is 6.81. The molecule has 10 nitrogen and oxygen atoms in total. The van der Waals surface area contributed by atoms with Crippen molar-refractivity contribution >= 4 is 40.3 Å². The Morgan fingerprint density at radius 2 is 1.88 bits per heavy atom. The Morgan fingerprint density at radius 3 is 2.66 bits per heavy atom. The summed E-state index contributed by atoms with van der Waals surface area (Å²) in [6.45, 7) is 13.6. The number of thiophene rings is 1. The summed E-state index contributed by atoms with van der Waals surface area (Å²) >= 11 is 1.52. The molecule has 214 valence electrons. The smallest absolute Gasteiger partial charge is 0.265 e. The van der Waals surface area contributed by atoms with E-state index in [2.05, 4.69) is 61.6 Å². The SMILES string of the molecule is Cc1ccc(NC(=O)c2ccc(C(C)(C)C)s2)cc1Nc1ncncc1-c1cc(NCCN2CCOCC2)ncn1. The fourth-order valence-corrected chi connectivity index (χ4v) is 5.36. The number of rotatable bonds is 9. The lowest BCUT2D eigenvalue weighted by Gasteiger charge is -2.26. The van der Waals surface area contributed by atoms with Gasteiger partial charge < -0.3 is 20.7 Å². The molecule has 11 heteroatoms. The number of aryl methyl sites for hydroxylation is 1. The Morgan fingerprint density at radius 1 is 1.05 bits per heavy atom. The first-order valence-corrected chi connectivity index (χ1v) is 14.5. The van der Waals surface area contributed by atoms with Crippen molar-refractivity contribution in [1.82, 2.24) is 24.8 Å². The highest BCUT2D eigenvalue weighted by Crippen LogP contribution is 2.32. The van der Waals surface area contributed by atoms with E-state index in [0.29, 0.717) is 22.1 Å². The zero-order valence-corrected chi connectivity index (χ0v) is 24.7. The molecule has 1 aliphatic heterocycles. The molecule has 1 aromatic carbocycles. The number of hydrogen-bond donors (Lipinski definition) is 3. The van der Waals surface area contributed by atoms with Gasteiger partial charge in [-0.15, -0.1) is 11.3 Å². The lowest BCUT2D eigenvalue weighted by atomic mass is 9.95. The first-order chi connectivity index (χ1) is 19.8. The summed E-state index contributed by atoms with van der Waals surface area (Å²) in [5, 5.41) is 9.85. The van der Waals surface area contributed by atoms with Crippen molar-refractivity contribution in [1.29, 1.82) is 0 Å². The van der Waals surface area contributed by atoms with Gasteiger partial charge in [-0.25, -0.2) is 19.9 Å². The molecule has 4 aromatic rings. The van der Waals surface area contributed by atoms with Gasteiger partial charge in [0.05, 0.1) is 29.3 Å². The molecule has 0 aliphatic carbocycles. The van der Waals surface area contributed by atoms with Gasteiger partial charge in [0.1, 0.15) is 24.3 Å². The molecule has 0 atom stereocenters. The van der Waals surface area contributed by atoms with Crippen LogP contribution in [0.25, 0.3) is 11.3 Å². The highest BCUT2D eigenvalue weighted by atomic mass is 32.1. The van der Waals surface area contributed by atoms with E-state index in [1.165, 1.54) is 22.5 Å². The fraction of sp³-hybridized carbons (Fsp3) is 0.367. The van der Waals surface area contributed by atoms with Crippen molar-refractivity contribution in [2.45, 2.75) is 33.1 Å². The lowest BCUT2D eigenvalue weighted by Crippen LogP contribution is -2.39. The van der Waals surface area contributed by atoms with Crippen molar-refractivity contribution in [3.63, 3.8) is 0 Å². The molecule has 3 N–H and O–H groups in total. The van der Waals surface area contributed by atoms with Crippen LogP contribution < -0.4 is 16.0 Å². The predicted molar refractivity (Wildman–Crippen MR) is 164 cm³/mol. The summed E-state index contributed by atoms with van der Waals surface area (Å²) in [5.74, 6) is 1.22. The van der Waals surface area contributed by atoms with Gasteiger partial charge in [-0.3, -0.25) is 9.69 Å². The number of amides is 1. The number of carbonyl (C=O) groups is 1. The Hall–Kier alpha value is -3.93. The van der Waals surface area contributed by atoms with Gasteiger partial charge in [-0.05, 0) is 42.2 Å². The molecule has 1 saturated heterocycles. The first kappa shape index (κ1) is 28.6. The maximum atomic E-state index is 13.0. The number of carbonyl (C=O) groups excluding carboxylic acids is 1. The number of nitrogens with zero attached hydrogens (tertiary/aromatic N) is 5. The molecular weight excluding hydrogens is 536 g/mol. The highest BCUT2D eigenvalue weighted by molar-refractivity contribution is 7.14. The largest absolute Gasteiger partial charge is 0.379 e. The number of morpholine rings is 1. The minimum absolute atomic E-state index is 0.00278. The number of ether oxygens (including phenoxy) is 1. The van der Waals surface area contributed by atoms with Gasteiger partial charge in [0.2, 0.25) is 0 Å². The van der Waals surface area contributed by atoms with Crippen LogP contribution in [-0.2, 0) is 10.2 Å². The van der Waals surface area contributed by atoms with Crippen molar-refractivity contribution < 1.29 is 9.53 Å². The number of nitrogens with one attached hydrogen (secondary N) is 3. The summed E-state index contributed by atoms with van der Waals surface area (Å²) in [7, 11) is 0. The van der Waals surface area contributed by atoms with Gasteiger partial charge in [-0.2, -0.15) is 0 Å². The zero-order valence-electron chi connectivity index (χ0n) is 23.9. The van der Waals surface area contributed by atoms with Crippen LogP contribution in [0.3, 0.4) is 0 Å². The second-order valence-electron chi connectivity index (χ2n) is 11.0. The van der Waals surface area contributed by atoms with E-state index in [1.54, 1.807) is 12.5 Å². The third-order valence-corrected chi connectivity index (χ3v) is 8.32. The van der Waals surface area contributed by atoms with Crippen LogP contribution >= 0.6 is 11.3 Å². The van der Waals surface area contributed by atoms with E-state index < -0.39 is 0 Å². The van der Waals surface area contributed by atoms with Crippen LogP contribution in [0.15, 0.2) is 55.2 Å². The second-order valence-corrected chi connectivity index (χ2v) is 12.1. The van der Waals surface area contributed by atoms with E-state index in [0.717, 1.165) is 62.0 Å². The predicted octanol–water partition coefficient (Wildman–Crippen LogP) is 5.34. The Kier molecular flexibility index (Phi) is 8.87. The minimum Gasteiger partial charge on any atom is -0.379 e. The second kappa shape index (κ2) is 12.7. The summed E-state index contributed by atoms with van der Waals surface area (Å²) in [6.07, 6.45) is 4.78. The molecule has 1 fully saturated rings. The summed E-state index contributed by atoms with van der Waals surface area (Å²) in [5.41, 5.74) is 3.97. The summed E-state index contributed by atoms with van der Waals surface area (Å²) in [6, 6.07) is 11.6. The molecule has 0 saturated carbocycles. The Labute approximate surface area is 244 Å². The average Bonchev–Trinajstić information content (AvgIpc) is 3.48. The number of benzene rings is 1. The normalized spacial score (nSPS) is 14.0. The molecule has 3 aromatic heterocycles. The average molecular weight is 573 g/mol. The van der Waals surface area contributed by atoms with Gasteiger partial charge in [0.25, 0.3) is 5.91 Å². The van der Waals surface area contributed by atoms with E-state index in [1.807, 2.05) is 43.3 Å². The Balaban J connectivity index is 1.29. The number of aromatic nitrogens is 4. The van der Waals surface area contributed by atoms with Crippen molar-refractivity contribution in [2.24, 2.45) is 0 Å². The molecule has 5 rings (SSSR count). The molecule has 0 radical (unpaired) electrons. The maximum Gasteiger partial charge on any atom is 0.265 e. The molecule has 0 bridgehead atoms. The van der Waals surface area contributed by atoms with Gasteiger partial charge >= 0.3 is 0 Å². The molecule has 1 aliphatic rings. The molecule has 0 unspecified atom stereocenters. The molecule has 1 amide bonds. The van der Waals surface area contributed by atoms with Gasteiger partial charge in [0, 0.05) is 54.7 Å². The molecule has 4 heterocycles. The zero-order chi connectivity index (χ0) is 28.8. The first-order valence-electron chi connectivity index (χ1n) is 13.7. The van der Waals surface area contributed by atoms with E-state index >= 15 is 0 Å². The summed E-state index contributed by atoms with van der Waals surface area (Å²) < 4.78 is 5.42. The van der Waals surface area contributed by atoms with E-state index in [4.69, 9.17) is 4.74 Å². The van der Waals surface area contributed by atoms with Crippen LogP contribution in [0.1, 0.15) is 40.9 Å². The van der Waals surface area contributed by atoms with E-state index in [-0.39, 0.29) is 11.3 Å². The van der Waals surface area contributed by atoms with Crippen molar-refractivity contribution in [2.75, 3.05) is 55.3 Å². The number of anilines is 4. The maximum absolute atomic E-state index is 13.0. The standard InChI is InChI=1S/C30H36N8O2S/c1-20-5-6-21(36-29(39)25-7-8-26(41-25)30(2,3)4)15-23(20)37-28-22(17-31-18-35-28)24-16-27(34-19-33-24)32-9-10-38-11-13-40-14-12-38/h5-8,15-19H,9-14H2,1-4H3,(H,36,39)(H,31,35,37)(H,32,33,34). The van der Waals surface area contributed by atoms with Crippen LogP contribution in [0.4, 0.5) is 23.0 Å². The highest BCUT2D eigenvalue weighted by Gasteiger charge is 2.19. The molecule has 41 heavy (non-hydrogen) atoms. The third kappa shape index (κ3) is 7.43. The van der Waals surface area contributed by atoms with Gasteiger partial charge in [-0.1, -0.05) is 26.8 Å². The molecule has 0 spiro atoms. The fourth-order valence-electron chi connectivity index (χ4n) is 4.40. The molecular formula is C30H36N8O2S.